The van der Waals surface area contributed by atoms with Gasteiger partial charge in [0.05, 0.1) is 11.5 Å². The molecule has 0 saturated carbocycles. The maximum absolute atomic E-state index is 12.8. The van der Waals surface area contributed by atoms with Crippen LogP contribution in [0.2, 0.25) is 0 Å². The Balaban J connectivity index is 1.80. The number of benzene rings is 1. The van der Waals surface area contributed by atoms with Crippen LogP contribution in [0.3, 0.4) is 0 Å². The van der Waals surface area contributed by atoms with Gasteiger partial charge in [0.15, 0.2) is 0 Å². The molecular formula is C20H23N3O3S. The van der Waals surface area contributed by atoms with Crippen LogP contribution < -0.4 is 10.6 Å². The zero-order chi connectivity index (χ0) is 19.2. The van der Waals surface area contributed by atoms with Crippen molar-refractivity contribution in [1.82, 2.24) is 15.6 Å². The molecule has 2 aromatic heterocycles. The summed E-state index contributed by atoms with van der Waals surface area (Å²) in [5.41, 5.74) is 1.99. The molecule has 0 spiro atoms. The molecule has 0 aliphatic carbocycles. The fraction of sp³-hybridized carbons (Fsp3) is 0.300. The predicted molar refractivity (Wildman–Crippen MR) is 107 cm³/mol. The first kappa shape index (κ1) is 19.1. The van der Waals surface area contributed by atoms with Gasteiger partial charge in [-0.3, -0.25) is 9.59 Å². The first-order valence-corrected chi connectivity index (χ1v) is 9.65. The number of thiophene rings is 1. The highest BCUT2D eigenvalue weighted by Gasteiger charge is 2.24. The first-order chi connectivity index (χ1) is 13.1. The van der Waals surface area contributed by atoms with Gasteiger partial charge in [0.1, 0.15) is 6.04 Å². The van der Waals surface area contributed by atoms with Gasteiger partial charge in [-0.2, -0.15) is 0 Å². The van der Waals surface area contributed by atoms with Crippen molar-refractivity contribution in [3.05, 3.63) is 58.4 Å². The number of rotatable bonds is 8. The predicted octanol–water partition coefficient (Wildman–Crippen LogP) is 2.72. The average Bonchev–Trinajstić information content (AvgIpc) is 3.31. The van der Waals surface area contributed by atoms with E-state index in [1.54, 1.807) is 13.2 Å². The summed E-state index contributed by atoms with van der Waals surface area (Å²) >= 11 is 1.35. The zero-order valence-electron chi connectivity index (χ0n) is 15.3. The van der Waals surface area contributed by atoms with E-state index < -0.39 is 6.04 Å². The fourth-order valence-corrected chi connectivity index (χ4v) is 3.63. The molecule has 3 N–H and O–H groups in total. The second-order valence-corrected chi connectivity index (χ2v) is 7.38. The van der Waals surface area contributed by atoms with Crippen molar-refractivity contribution in [2.75, 3.05) is 13.7 Å². The van der Waals surface area contributed by atoms with E-state index in [9.17, 15) is 9.59 Å². The Morgan fingerprint density at radius 3 is 2.74 bits per heavy atom. The van der Waals surface area contributed by atoms with Gasteiger partial charge in [0, 0.05) is 36.7 Å². The molecule has 0 bridgehead atoms. The van der Waals surface area contributed by atoms with E-state index in [4.69, 9.17) is 4.74 Å². The maximum atomic E-state index is 12.8. The summed E-state index contributed by atoms with van der Waals surface area (Å²) in [6.07, 6.45) is 2.29. The van der Waals surface area contributed by atoms with Crippen LogP contribution in [0.25, 0.3) is 10.9 Å². The molecule has 3 aromatic rings. The van der Waals surface area contributed by atoms with Gasteiger partial charge in [-0.15, -0.1) is 11.3 Å². The maximum Gasteiger partial charge on any atom is 0.262 e. The zero-order valence-corrected chi connectivity index (χ0v) is 16.1. The van der Waals surface area contributed by atoms with Crippen LogP contribution >= 0.6 is 11.3 Å². The van der Waals surface area contributed by atoms with Gasteiger partial charge in [0.2, 0.25) is 5.91 Å². The number of carbonyl (C=O) groups is 2. The monoisotopic (exact) mass is 385 g/mol. The first-order valence-electron chi connectivity index (χ1n) is 8.77. The Hall–Kier alpha value is -2.64. The van der Waals surface area contributed by atoms with Crippen LogP contribution in [-0.2, 0) is 16.0 Å². The number of aromatic amines is 1. The highest BCUT2D eigenvalue weighted by atomic mass is 32.1. The quantitative estimate of drug-likeness (QED) is 0.557. The van der Waals surface area contributed by atoms with Gasteiger partial charge in [-0.05, 0) is 30.0 Å². The number of hydrogen-bond acceptors (Lipinski definition) is 4. The molecule has 7 heteroatoms. The molecule has 6 nitrogen and oxygen atoms in total. The smallest absolute Gasteiger partial charge is 0.262 e. The van der Waals surface area contributed by atoms with Crippen molar-refractivity contribution in [3.63, 3.8) is 0 Å². The molecule has 0 fully saturated rings. The standard InChI is InChI=1S/C20H23N3O3S/c1-13(12-26-2)22-19(24)17(23-20(25)18-8-5-9-27-18)10-14-11-21-16-7-4-3-6-15(14)16/h3-9,11,13,17,21H,10,12H2,1-2H3,(H,22,24)(H,23,25). The molecule has 2 unspecified atom stereocenters. The number of nitrogens with one attached hydrogen (secondary N) is 3. The SMILES string of the molecule is COCC(C)NC(=O)C(Cc1c[nH]c2ccccc12)NC(=O)c1cccs1. The number of methoxy groups -OCH3 is 1. The number of hydrogen-bond donors (Lipinski definition) is 3. The third-order valence-corrected chi connectivity index (χ3v) is 5.14. The Bertz CT molecular complexity index is 904. The van der Waals surface area contributed by atoms with Crippen molar-refractivity contribution in [3.8, 4) is 0 Å². The van der Waals surface area contributed by atoms with Crippen molar-refractivity contribution in [2.24, 2.45) is 0 Å². The topological polar surface area (TPSA) is 83.2 Å². The second kappa shape index (κ2) is 8.83. The molecule has 2 atom stereocenters. The van der Waals surface area contributed by atoms with Gasteiger partial charge < -0.3 is 20.4 Å². The van der Waals surface area contributed by atoms with E-state index in [1.807, 2.05) is 48.8 Å². The van der Waals surface area contributed by atoms with Crippen molar-refractivity contribution < 1.29 is 14.3 Å². The lowest BCUT2D eigenvalue weighted by Crippen LogP contribution is -2.50. The highest BCUT2D eigenvalue weighted by Crippen LogP contribution is 2.19. The average molecular weight is 385 g/mol. The molecule has 0 saturated heterocycles. The Labute approximate surface area is 161 Å². The summed E-state index contributed by atoms with van der Waals surface area (Å²) in [7, 11) is 1.59. The molecule has 0 aliphatic rings. The summed E-state index contributed by atoms with van der Waals surface area (Å²) in [6.45, 7) is 2.27. The molecule has 1 aromatic carbocycles. The number of amides is 2. The van der Waals surface area contributed by atoms with Crippen LogP contribution in [0, 0.1) is 0 Å². The molecule has 0 radical (unpaired) electrons. The molecule has 2 amide bonds. The third kappa shape index (κ3) is 4.75. The number of carbonyl (C=O) groups excluding carboxylic acids is 2. The highest BCUT2D eigenvalue weighted by molar-refractivity contribution is 7.12. The number of aromatic nitrogens is 1. The van der Waals surface area contributed by atoms with Gasteiger partial charge >= 0.3 is 0 Å². The Morgan fingerprint density at radius 1 is 1.19 bits per heavy atom. The normalized spacial score (nSPS) is 13.3. The third-order valence-electron chi connectivity index (χ3n) is 4.27. The summed E-state index contributed by atoms with van der Waals surface area (Å²) in [4.78, 5) is 29.1. The van der Waals surface area contributed by atoms with Crippen LogP contribution in [0.15, 0.2) is 48.0 Å². The van der Waals surface area contributed by atoms with E-state index in [-0.39, 0.29) is 17.9 Å². The summed E-state index contributed by atoms with van der Waals surface area (Å²) in [5, 5.41) is 8.67. The van der Waals surface area contributed by atoms with Crippen LogP contribution in [0.5, 0.6) is 0 Å². The molecule has 2 heterocycles. The number of fused-ring (bicyclic) bond motifs is 1. The summed E-state index contributed by atoms with van der Waals surface area (Å²) in [5.74, 6) is -0.473. The second-order valence-electron chi connectivity index (χ2n) is 6.43. The lowest BCUT2D eigenvalue weighted by Gasteiger charge is -2.21. The Kier molecular flexibility index (Phi) is 6.26. The van der Waals surface area contributed by atoms with Crippen LogP contribution in [0.4, 0.5) is 0 Å². The lowest BCUT2D eigenvalue weighted by atomic mass is 10.0. The van der Waals surface area contributed by atoms with E-state index in [2.05, 4.69) is 15.6 Å². The van der Waals surface area contributed by atoms with Crippen molar-refractivity contribution >= 4 is 34.1 Å². The number of para-hydroxylation sites is 1. The van der Waals surface area contributed by atoms with E-state index >= 15 is 0 Å². The number of H-pyrrole nitrogens is 1. The minimum absolute atomic E-state index is 0.147. The molecular weight excluding hydrogens is 362 g/mol. The van der Waals surface area contributed by atoms with Crippen molar-refractivity contribution in [1.29, 1.82) is 0 Å². The van der Waals surface area contributed by atoms with Crippen molar-refractivity contribution in [2.45, 2.75) is 25.4 Å². The molecule has 3 rings (SSSR count). The van der Waals surface area contributed by atoms with E-state index in [0.29, 0.717) is 17.9 Å². The lowest BCUT2D eigenvalue weighted by molar-refractivity contribution is -0.123. The number of ether oxygens (including phenoxy) is 1. The largest absolute Gasteiger partial charge is 0.383 e. The molecule has 27 heavy (non-hydrogen) atoms. The minimum atomic E-state index is -0.682. The summed E-state index contributed by atoms with van der Waals surface area (Å²) < 4.78 is 5.08. The Morgan fingerprint density at radius 2 is 2.00 bits per heavy atom. The fourth-order valence-electron chi connectivity index (χ4n) is 3.00. The minimum Gasteiger partial charge on any atom is -0.383 e. The van der Waals surface area contributed by atoms with Gasteiger partial charge in [-0.1, -0.05) is 24.3 Å². The summed E-state index contributed by atoms with van der Waals surface area (Å²) in [6, 6.07) is 10.6. The van der Waals surface area contributed by atoms with E-state index in [0.717, 1.165) is 16.5 Å². The van der Waals surface area contributed by atoms with Crippen LogP contribution in [0.1, 0.15) is 22.2 Å². The van der Waals surface area contributed by atoms with Gasteiger partial charge in [-0.25, -0.2) is 0 Å². The molecule has 142 valence electrons. The van der Waals surface area contributed by atoms with Gasteiger partial charge in [0.25, 0.3) is 5.91 Å². The van der Waals surface area contributed by atoms with Crippen LogP contribution in [-0.4, -0.2) is 42.6 Å². The molecule has 0 aliphatic heterocycles. The van der Waals surface area contributed by atoms with E-state index in [1.165, 1.54) is 11.3 Å².